The number of aromatic hydroxyl groups is 1. The van der Waals surface area contributed by atoms with Crippen molar-refractivity contribution in [2.75, 3.05) is 0 Å². The Kier molecular flexibility index (Phi) is 6.20. The first-order valence-electron chi connectivity index (χ1n) is 14.4. The Hall–Kier alpha value is -6.07. The molecule has 0 aliphatic heterocycles. The summed E-state index contributed by atoms with van der Waals surface area (Å²) >= 11 is 0. The zero-order valence-corrected chi connectivity index (χ0v) is 23.6. The molecule has 5 heteroatoms. The molecule has 0 amide bonds. The Labute approximate surface area is 253 Å². The zero-order chi connectivity index (χ0) is 29.5. The molecule has 0 atom stereocenters. The van der Waals surface area contributed by atoms with Gasteiger partial charge in [0.2, 0.25) is 0 Å². The Morgan fingerprint density at radius 1 is 0.409 bits per heavy atom. The lowest BCUT2D eigenvalue weighted by molar-refractivity contribution is 0.477. The number of phenols is 1. The first kappa shape index (κ1) is 25.6. The van der Waals surface area contributed by atoms with Gasteiger partial charge in [-0.15, -0.1) is 0 Å². The second-order valence-corrected chi connectivity index (χ2v) is 10.6. The second-order valence-electron chi connectivity index (χ2n) is 10.6. The predicted octanol–water partition coefficient (Wildman–Crippen LogP) is 9.81. The van der Waals surface area contributed by atoms with Gasteiger partial charge in [-0.2, -0.15) is 0 Å². The molecule has 8 aromatic rings. The molecule has 0 aliphatic rings. The normalized spacial score (nSPS) is 11.3. The third kappa shape index (κ3) is 4.48. The fraction of sp³-hybridized carbons (Fsp3) is 0. The highest BCUT2D eigenvalue weighted by Gasteiger charge is 2.20. The highest BCUT2D eigenvalue weighted by atomic mass is 16.3. The Morgan fingerprint density at radius 2 is 0.977 bits per heavy atom. The number of benzene rings is 6. The summed E-state index contributed by atoms with van der Waals surface area (Å²) in [5.74, 6) is 1.76. The van der Waals surface area contributed by atoms with Crippen molar-refractivity contribution in [2.45, 2.75) is 0 Å². The first-order valence-corrected chi connectivity index (χ1v) is 14.4. The number of hydrogen-bond acceptors (Lipinski definition) is 5. The van der Waals surface area contributed by atoms with Crippen molar-refractivity contribution < 1.29 is 9.52 Å². The molecule has 6 aromatic carbocycles. The van der Waals surface area contributed by atoms with Crippen molar-refractivity contribution in [3.8, 4) is 62.2 Å². The first-order chi connectivity index (χ1) is 21.7. The maximum Gasteiger partial charge on any atom is 0.164 e. The number of fused-ring (bicyclic) bond motifs is 3. The topological polar surface area (TPSA) is 72.0 Å². The highest BCUT2D eigenvalue weighted by Crippen LogP contribution is 2.43. The van der Waals surface area contributed by atoms with E-state index in [9.17, 15) is 5.11 Å². The van der Waals surface area contributed by atoms with E-state index < -0.39 is 0 Å². The fourth-order valence-corrected chi connectivity index (χ4v) is 5.79. The minimum absolute atomic E-state index is 0.146. The van der Waals surface area contributed by atoms with Crippen molar-refractivity contribution in [2.24, 2.45) is 0 Å². The van der Waals surface area contributed by atoms with E-state index in [2.05, 4.69) is 24.3 Å². The van der Waals surface area contributed by atoms with Gasteiger partial charge in [-0.05, 0) is 41.0 Å². The molecule has 2 aromatic heterocycles. The number of aromatic nitrogens is 3. The van der Waals surface area contributed by atoms with Crippen molar-refractivity contribution in [1.82, 2.24) is 15.0 Å². The average molecular weight is 568 g/mol. The van der Waals surface area contributed by atoms with Gasteiger partial charge in [0, 0.05) is 33.0 Å². The largest absolute Gasteiger partial charge is 0.507 e. The lowest BCUT2D eigenvalue weighted by Gasteiger charge is -2.16. The zero-order valence-electron chi connectivity index (χ0n) is 23.6. The van der Waals surface area contributed by atoms with Crippen LogP contribution in [0.3, 0.4) is 0 Å². The summed E-state index contributed by atoms with van der Waals surface area (Å²) in [6.45, 7) is 0. The molecule has 0 radical (unpaired) electrons. The molecule has 0 fully saturated rings. The van der Waals surface area contributed by atoms with Crippen LogP contribution in [0, 0.1) is 0 Å². The molecule has 0 spiro atoms. The van der Waals surface area contributed by atoms with Gasteiger partial charge in [-0.1, -0.05) is 121 Å². The van der Waals surface area contributed by atoms with Crippen LogP contribution in [0.25, 0.3) is 78.4 Å². The summed E-state index contributed by atoms with van der Waals surface area (Å²) in [6.07, 6.45) is 0. The van der Waals surface area contributed by atoms with Crippen molar-refractivity contribution in [3.63, 3.8) is 0 Å². The molecular formula is C39H25N3O2. The number of rotatable bonds is 5. The molecular weight excluding hydrogens is 542 g/mol. The lowest BCUT2D eigenvalue weighted by Crippen LogP contribution is -2.01. The number of furan rings is 1. The fourth-order valence-electron chi connectivity index (χ4n) is 5.79. The van der Waals surface area contributed by atoms with Crippen molar-refractivity contribution in [3.05, 3.63) is 146 Å². The van der Waals surface area contributed by atoms with Crippen LogP contribution in [0.4, 0.5) is 0 Å². The number of nitrogens with zero attached hydrogens (tertiary/aromatic N) is 3. The van der Waals surface area contributed by atoms with Gasteiger partial charge < -0.3 is 9.52 Å². The van der Waals surface area contributed by atoms with Gasteiger partial charge >= 0.3 is 0 Å². The van der Waals surface area contributed by atoms with Gasteiger partial charge in [0.1, 0.15) is 16.9 Å². The van der Waals surface area contributed by atoms with Crippen molar-refractivity contribution in [1.29, 1.82) is 0 Å². The average Bonchev–Trinajstić information content (AvgIpc) is 3.47. The highest BCUT2D eigenvalue weighted by molar-refractivity contribution is 6.07. The maximum atomic E-state index is 11.4. The van der Waals surface area contributed by atoms with E-state index >= 15 is 0 Å². The van der Waals surface area contributed by atoms with Crippen LogP contribution in [0.15, 0.2) is 150 Å². The van der Waals surface area contributed by atoms with Crippen LogP contribution in [0.2, 0.25) is 0 Å². The second kappa shape index (κ2) is 10.6. The molecule has 2 heterocycles. The van der Waals surface area contributed by atoms with Crippen LogP contribution in [-0.2, 0) is 0 Å². The smallest absolute Gasteiger partial charge is 0.164 e. The molecule has 208 valence electrons. The van der Waals surface area contributed by atoms with Gasteiger partial charge in [0.05, 0.1) is 0 Å². The standard InChI is InChI=1S/C39H25N3O2/c43-33-20-11-19-31(39-41-37(25-12-3-1-4-13-25)40-38(42-39)26-14-5-2-6-15-26)36(33)30-18-8-7-16-28(30)27-22-23-35-32(24-27)29-17-9-10-21-34(29)44-35/h1-24,43H. The van der Waals surface area contributed by atoms with E-state index in [4.69, 9.17) is 19.4 Å². The minimum Gasteiger partial charge on any atom is -0.507 e. The van der Waals surface area contributed by atoms with Gasteiger partial charge in [-0.25, -0.2) is 15.0 Å². The third-order valence-corrected chi connectivity index (χ3v) is 7.87. The van der Waals surface area contributed by atoms with Crippen LogP contribution >= 0.6 is 0 Å². The molecule has 1 N–H and O–H groups in total. The summed E-state index contributed by atoms with van der Waals surface area (Å²) in [4.78, 5) is 14.7. The van der Waals surface area contributed by atoms with Crippen LogP contribution in [0.1, 0.15) is 0 Å². The Balaban J connectivity index is 1.34. The van der Waals surface area contributed by atoms with Gasteiger partial charge in [-0.3, -0.25) is 0 Å². The molecule has 0 bridgehead atoms. The molecule has 0 unspecified atom stereocenters. The number of phenolic OH excluding ortho intramolecular Hbond substituents is 1. The number of para-hydroxylation sites is 1. The van der Waals surface area contributed by atoms with E-state index in [1.54, 1.807) is 6.07 Å². The molecule has 0 aliphatic carbocycles. The summed E-state index contributed by atoms with van der Waals surface area (Å²) in [7, 11) is 0. The van der Waals surface area contributed by atoms with E-state index in [1.165, 1.54) is 0 Å². The molecule has 8 rings (SSSR count). The molecule has 0 saturated carbocycles. The Morgan fingerprint density at radius 3 is 1.70 bits per heavy atom. The third-order valence-electron chi connectivity index (χ3n) is 7.87. The lowest BCUT2D eigenvalue weighted by atomic mass is 9.90. The van der Waals surface area contributed by atoms with Crippen LogP contribution < -0.4 is 0 Å². The molecule has 0 saturated heterocycles. The summed E-state index contributed by atoms with van der Waals surface area (Å²) in [6, 6.07) is 47.7. The van der Waals surface area contributed by atoms with Gasteiger partial charge in [0.15, 0.2) is 17.5 Å². The van der Waals surface area contributed by atoms with E-state index in [0.717, 1.165) is 49.8 Å². The molecule has 44 heavy (non-hydrogen) atoms. The van der Waals surface area contributed by atoms with Crippen LogP contribution in [-0.4, -0.2) is 20.1 Å². The maximum absolute atomic E-state index is 11.4. The number of hydrogen-bond donors (Lipinski definition) is 1. The monoisotopic (exact) mass is 567 g/mol. The van der Waals surface area contributed by atoms with Gasteiger partial charge in [0.25, 0.3) is 0 Å². The van der Waals surface area contributed by atoms with E-state index in [1.807, 2.05) is 115 Å². The van der Waals surface area contributed by atoms with Crippen LogP contribution in [0.5, 0.6) is 5.75 Å². The quantitative estimate of drug-likeness (QED) is 0.224. The SMILES string of the molecule is Oc1cccc(-c2nc(-c3ccccc3)nc(-c3ccccc3)n2)c1-c1ccccc1-c1ccc2oc3ccccc3c2c1. The summed E-state index contributed by atoms with van der Waals surface area (Å²) < 4.78 is 6.09. The molecule has 5 nitrogen and oxygen atoms in total. The van der Waals surface area contributed by atoms with E-state index in [-0.39, 0.29) is 5.75 Å². The summed E-state index contributed by atoms with van der Waals surface area (Å²) in [5.41, 5.74) is 7.69. The van der Waals surface area contributed by atoms with E-state index in [0.29, 0.717) is 28.6 Å². The minimum atomic E-state index is 0.146. The predicted molar refractivity (Wildman–Crippen MR) is 176 cm³/mol. The van der Waals surface area contributed by atoms with Crippen molar-refractivity contribution >= 4 is 21.9 Å². The summed E-state index contributed by atoms with van der Waals surface area (Å²) in [5, 5.41) is 13.6. The Bertz CT molecular complexity index is 2240.